The molecule has 0 N–H and O–H groups in total. The van der Waals surface area contributed by atoms with Gasteiger partial charge in [0.05, 0.1) is 5.41 Å². The van der Waals surface area contributed by atoms with Crippen LogP contribution in [0.2, 0.25) is 0 Å². The van der Waals surface area contributed by atoms with Crippen molar-refractivity contribution in [1.82, 2.24) is 14.8 Å². The van der Waals surface area contributed by atoms with Gasteiger partial charge in [0.25, 0.3) is 0 Å². The SMILES string of the molecule is Cn1cnnc1C1(c2cccc(Br)c2)CCCC1. The predicted molar refractivity (Wildman–Crippen MR) is 74.4 cm³/mol. The first-order valence-corrected chi connectivity index (χ1v) is 7.12. The van der Waals surface area contributed by atoms with Gasteiger partial charge in [-0.3, -0.25) is 0 Å². The summed E-state index contributed by atoms with van der Waals surface area (Å²) < 4.78 is 3.19. The summed E-state index contributed by atoms with van der Waals surface area (Å²) in [5.74, 6) is 1.10. The predicted octanol–water partition coefficient (Wildman–Crippen LogP) is 3.44. The Morgan fingerprint density at radius 2 is 2.06 bits per heavy atom. The van der Waals surface area contributed by atoms with Gasteiger partial charge in [0.1, 0.15) is 12.2 Å². The molecule has 18 heavy (non-hydrogen) atoms. The highest BCUT2D eigenvalue weighted by Crippen LogP contribution is 2.45. The van der Waals surface area contributed by atoms with Crippen LogP contribution in [0.25, 0.3) is 0 Å². The smallest absolute Gasteiger partial charge is 0.143 e. The molecule has 0 bridgehead atoms. The van der Waals surface area contributed by atoms with Crippen molar-refractivity contribution >= 4 is 15.9 Å². The Kier molecular flexibility index (Phi) is 2.98. The second kappa shape index (κ2) is 4.50. The maximum Gasteiger partial charge on any atom is 0.143 e. The molecule has 1 aromatic heterocycles. The van der Waals surface area contributed by atoms with Crippen LogP contribution in [0.3, 0.4) is 0 Å². The van der Waals surface area contributed by atoms with Gasteiger partial charge in [0.15, 0.2) is 0 Å². The summed E-state index contributed by atoms with van der Waals surface area (Å²) in [7, 11) is 2.04. The van der Waals surface area contributed by atoms with Crippen molar-refractivity contribution in [2.45, 2.75) is 31.1 Å². The molecule has 0 saturated heterocycles. The first-order valence-electron chi connectivity index (χ1n) is 6.33. The number of rotatable bonds is 2. The van der Waals surface area contributed by atoms with Crippen LogP contribution < -0.4 is 0 Å². The molecule has 3 rings (SSSR count). The highest BCUT2D eigenvalue weighted by Gasteiger charge is 2.41. The highest BCUT2D eigenvalue weighted by atomic mass is 79.9. The van der Waals surface area contributed by atoms with Gasteiger partial charge < -0.3 is 4.57 Å². The van der Waals surface area contributed by atoms with E-state index in [9.17, 15) is 0 Å². The lowest BCUT2D eigenvalue weighted by Gasteiger charge is -2.28. The summed E-state index contributed by atoms with van der Waals surface area (Å²) in [6.07, 6.45) is 6.65. The van der Waals surface area contributed by atoms with E-state index in [1.165, 1.54) is 18.4 Å². The lowest BCUT2D eigenvalue weighted by Crippen LogP contribution is -2.27. The molecule has 1 aromatic carbocycles. The molecule has 2 aromatic rings. The van der Waals surface area contributed by atoms with Gasteiger partial charge in [-0.25, -0.2) is 0 Å². The zero-order valence-electron chi connectivity index (χ0n) is 10.4. The van der Waals surface area contributed by atoms with E-state index in [1.54, 1.807) is 6.33 Å². The second-order valence-corrected chi connectivity index (χ2v) is 5.98. The summed E-state index contributed by atoms with van der Waals surface area (Å²) in [6, 6.07) is 8.61. The Morgan fingerprint density at radius 1 is 1.28 bits per heavy atom. The molecule has 0 aliphatic heterocycles. The molecule has 0 amide bonds. The molecule has 4 heteroatoms. The van der Waals surface area contributed by atoms with Crippen LogP contribution in [0.4, 0.5) is 0 Å². The normalized spacial score (nSPS) is 18.1. The molecular weight excluding hydrogens is 290 g/mol. The van der Waals surface area contributed by atoms with Crippen LogP contribution in [0, 0.1) is 0 Å². The summed E-state index contributed by atoms with van der Waals surface area (Å²) in [5.41, 5.74) is 1.40. The van der Waals surface area contributed by atoms with E-state index in [4.69, 9.17) is 0 Å². The number of aryl methyl sites for hydroxylation is 1. The topological polar surface area (TPSA) is 30.7 Å². The largest absolute Gasteiger partial charge is 0.320 e. The lowest BCUT2D eigenvalue weighted by atomic mass is 9.78. The molecule has 0 radical (unpaired) electrons. The van der Waals surface area contributed by atoms with Crippen LogP contribution in [-0.4, -0.2) is 14.8 Å². The number of hydrogen-bond acceptors (Lipinski definition) is 2. The van der Waals surface area contributed by atoms with Crippen LogP contribution in [0.15, 0.2) is 35.1 Å². The lowest BCUT2D eigenvalue weighted by molar-refractivity contribution is 0.479. The van der Waals surface area contributed by atoms with E-state index in [0.717, 1.165) is 23.1 Å². The second-order valence-electron chi connectivity index (χ2n) is 5.07. The minimum absolute atomic E-state index is 0.0506. The Bertz CT molecular complexity index is 556. The fourth-order valence-corrected chi connectivity index (χ4v) is 3.52. The summed E-state index contributed by atoms with van der Waals surface area (Å²) in [5, 5.41) is 8.43. The maximum atomic E-state index is 4.37. The minimum Gasteiger partial charge on any atom is -0.320 e. The van der Waals surface area contributed by atoms with Crippen LogP contribution in [-0.2, 0) is 12.5 Å². The van der Waals surface area contributed by atoms with Gasteiger partial charge in [0.2, 0.25) is 0 Å². The molecule has 3 nitrogen and oxygen atoms in total. The van der Waals surface area contributed by atoms with Crippen LogP contribution >= 0.6 is 15.9 Å². The van der Waals surface area contributed by atoms with Crippen LogP contribution in [0.1, 0.15) is 37.1 Å². The van der Waals surface area contributed by atoms with E-state index >= 15 is 0 Å². The van der Waals surface area contributed by atoms with Crippen molar-refractivity contribution in [3.05, 3.63) is 46.5 Å². The summed E-state index contributed by atoms with van der Waals surface area (Å²) >= 11 is 3.57. The van der Waals surface area contributed by atoms with E-state index in [2.05, 4.69) is 55.0 Å². The van der Waals surface area contributed by atoms with E-state index < -0.39 is 0 Å². The van der Waals surface area contributed by atoms with Crippen molar-refractivity contribution < 1.29 is 0 Å². The quantitative estimate of drug-likeness (QED) is 0.851. The van der Waals surface area contributed by atoms with Gasteiger partial charge >= 0.3 is 0 Å². The van der Waals surface area contributed by atoms with Crippen molar-refractivity contribution in [2.75, 3.05) is 0 Å². The Morgan fingerprint density at radius 3 is 2.67 bits per heavy atom. The number of hydrogen-bond donors (Lipinski definition) is 0. The third kappa shape index (κ3) is 1.79. The zero-order valence-corrected chi connectivity index (χ0v) is 12.0. The molecule has 1 fully saturated rings. The first kappa shape index (κ1) is 11.9. The number of benzene rings is 1. The fraction of sp³-hybridized carbons (Fsp3) is 0.429. The Labute approximate surface area is 115 Å². The molecule has 0 unspecified atom stereocenters. The van der Waals surface area contributed by atoms with E-state index in [0.29, 0.717) is 0 Å². The van der Waals surface area contributed by atoms with Crippen molar-refractivity contribution in [3.63, 3.8) is 0 Å². The average Bonchev–Trinajstić information content (AvgIpc) is 2.98. The van der Waals surface area contributed by atoms with Gasteiger partial charge in [0, 0.05) is 11.5 Å². The number of aromatic nitrogens is 3. The van der Waals surface area contributed by atoms with Gasteiger partial charge in [-0.2, -0.15) is 0 Å². The summed E-state index contributed by atoms with van der Waals surface area (Å²) in [6.45, 7) is 0. The van der Waals surface area contributed by atoms with Crippen LogP contribution in [0.5, 0.6) is 0 Å². The van der Waals surface area contributed by atoms with Crippen molar-refractivity contribution in [3.8, 4) is 0 Å². The van der Waals surface area contributed by atoms with E-state index in [-0.39, 0.29) is 5.41 Å². The van der Waals surface area contributed by atoms with Gasteiger partial charge in [-0.15, -0.1) is 10.2 Å². The monoisotopic (exact) mass is 305 g/mol. The summed E-state index contributed by atoms with van der Waals surface area (Å²) in [4.78, 5) is 0. The molecule has 1 aliphatic rings. The number of nitrogens with zero attached hydrogens (tertiary/aromatic N) is 3. The fourth-order valence-electron chi connectivity index (χ4n) is 3.12. The molecule has 1 saturated carbocycles. The first-order chi connectivity index (χ1) is 8.72. The van der Waals surface area contributed by atoms with Gasteiger partial charge in [-0.1, -0.05) is 40.9 Å². The van der Waals surface area contributed by atoms with Crippen molar-refractivity contribution in [2.24, 2.45) is 7.05 Å². The average molecular weight is 306 g/mol. The van der Waals surface area contributed by atoms with E-state index in [1.807, 2.05) is 7.05 Å². The van der Waals surface area contributed by atoms with Crippen molar-refractivity contribution in [1.29, 1.82) is 0 Å². The molecule has 0 spiro atoms. The molecule has 94 valence electrons. The minimum atomic E-state index is 0.0506. The molecule has 1 aliphatic carbocycles. The van der Waals surface area contributed by atoms with Gasteiger partial charge in [-0.05, 0) is 30.5 Å². The highest BCUT2D eigenvalue weighted by molar-refractivity contribution is 9.10. The third-order valence-corrected chi connectivity index (χ3v) is 4.47. The maximum absolute atomic E-state index is 4.37. The zero-order chi connectivity index (χ0) is 12.6. The number of halogens is 1. The Hall–Kier alpha value is -1.16. The molecule has 1 heterocycles. The molecule has 0 atom stereocenters. The standard InChI is InChI=1S/C14H16BrN3/c1-18-10-16-17-13(18)14(7-2-3-8-14)11-5-4-6-12(15)9-11/h4-6,9-10H,2-3,7-8H2,1H3. The third-order valence-electron chi connectivity index (χ3n) is 3.97. The molecular formula is C14H16BrN3. The Balaban J connectivity index is 2.16.